The predicted octanol–water partition coefficient (Wildman–Crippen LogP) is 3.34. The molecule has 2 aromatic rings. The molecule has 1 aliphatic heterocycles. The number of halogens is 2. The van der Waals surface area contributed by atoms with Crippen molar-refractivity contribution in [1.29, 1.82) is 0 Å². The monoisotopic (exact) mass is 416 g/mol. The van der Waals surface area contributed by atoms with Crippen molar-refractivity contribution in [2.24, 2.45) is 5.10 Å². The van der Waals surface area contributed by atoms with E-state index in [2.05, 4.69) is 15.7 Å². The molecule has 1 aliphatic rings. The summed E-state index contributed by atoms with van der Waals surface area (Å²) in [5.74, 6) is -1.76. The molecule has 0 bridgehead atoms. The maximum Gasteiger partial charge on any atom is 0.271 e. The summed E-state index contributed by atoms with van der Waals surface area (Å²) in [5.41, 5.74) is 1.75. The van der Waals surface area contributed by atoms with Crippen molar-refractivity contribution in [2.45, 2.75) is 19.8 Å². The summed E-state index contributed by atoms with van der Waals surface area (Å²) >= 11 is 6.04. The first kappa shape index (κ1) is 20.5. The van der Waals surface area contributed by atoms with E-state index >= 15 is 0 Å². The second kappa shape index (κ2) is 8.83. The normalized spacial score (nSPS) is 13.7. The van der Waals surface area contributed by atoms with Crippen molar-refractivity contribution in [3.8, 4) is 0 Å². The van der Waals surface area contributed by atoms with Crippen LogP contribution in [0, 0.1) is 12.7 Å². The molecule has 0 radical (unpaired) electrons. The maximum absolute atomic E-state index is 13.0. The van der Waals surface area contributed by atoms with E-state index in [1.165, 1.54) is 24.3 Å². The Morgan fingerprint density at radius 1 is 1.14 bits per heavy atom. The fraction of sp³-hybridized carbons (Fsp3) is 0.200. The minimum atomic E-state index is -0.514. The number of carbonyl (C=O) groups excluding carboxylic acids is 3. The first-order chi connectivity index (χ1) is 13.8. The number of carbonyl (C=O) groups is 3. The van der Waals surface area contributed by atoms with Gasteiger partial charge >= 0.3 is 0 Å². The van der Waals surface area contributed by atoms with E-state index in [1.807, 2.05) is 0 Å². The minimum Gasteiger partial charge on any atom is -0.324 e. The van der Waals surface area contributed by atoms with Gasteiger partial charge in [0.1, 0.15) is 18.1 Å². The number of anilines is 2. The summed E-state index contributed by atoms with van der Waals surface area (Å²) < 4.78 is 13.0. The third-order valence-corrected chi connectivity index (χ3v) is 4.71. The standard InChI is InChI=1S/C20H18ClFN4O3/c1-12-15(21)3-2-4-16(12)24-18(27)11-26-19(28)10-9-17(25-26)20(29)23-14-7-5-13(22)6-8-14/h2-8H,9-11H2,1H3,(H,23,29)(H,24,27). The van der Waals surface area contributed by atoms with Gasteiger partial charge in [-0.3, -0.25) is 14.4 Å². The van der Waals surface area contributed by atoms with Crippen molar-refractivity contribution < 1.29 is 18.8 Å². The second-order valence-electron chi connectivity index (χ2n) is 6.42. The number of hydrazone groups is 1. The van der Waals surface area contributed by atoms with E-state index in [0.717, 1.165) is 5.01 Å². The predicted molar refractivity (Wildman–Crippen MR) is 108 cm³/mol. The fourth-order valence-electron chi connectivity index (χ4n) is 2.69. The highest BCUT2D eigenvalue weighted by Crippen LogP contribution is 2.23. The number of hydrogen-bond acceptors (Lipinski definition) is 4. The molecule has 0 atom stereocenters. The molecule has 3 amide bonds. The van der Waals surface area contributed by atoms with Crippen molar-refractivity contribution in [3.05, 3.63) is 58.9 Å². The summed E-state index contributed by atoms with van der Waals surface area (Å²) in [7, 11) is 0. The van der Waals surface area contributed by atoms with E-state index in [0.29, 0.717) is 22.0 Å². The van der Waals surface area contributed by atoms with Gasteiger partial charge in [0.05, 0.1) is 0 Å². The topological polar surface area (TPSA) is 90.9 Å². The van der Waals surface area contributed by atoms with Crippen LogP contribution in [0.25, 0.3) is 0 Å². The summed E-state index contributed by atoms with van der Waals surface area (Å²) in [5, 5.41) is 10.8. The van der Waals surface area contributed by atoms with Crippen LogP contribution >= 0.6 is 11.6 Å². The van der Waals surface area contributed by atoms with Crippen LogP contribution in [0.5, 0.6) is 0 Å². The van der Waals surface area contributed by atoms with Gasteiger partial charge in [-0.2, -0.15) is 5.10 Å². The van der Waals surface area contributed by atoms with Crippen LogP contribution < -0.4 is 10.6 Å². The quantitative estimate of drug-likeness (QED) is 0.783. The fourth-order valence-corrected chi connectivity index (χ4v) is 2.87. The summed E-state index contributed by atoms with van der Waals surface area (Å²) in [6, 6.07) is 10.4. The summed E-state index contributed by atoms with van der Waals surface area (Å²) in [6.07, 6.45) is 0.205. The molecule has 0 fully saturated rings. The van der Waals surface area contributed by atoms with Crippen LogP contribution in [0.3, 0.4) is 0 Å². The zero-order chi connectivity index (χ0) is 21.0. The molecule has 2 aromatic carbocycles. The van der Waals surface area contributed by atoms with Gasteiger partial charge in [-0.1, -0.05) is 17.7 Å². The summed E-state index contributed by atoms with van der Waals surface area (Å²) in [4.78, 5) is 36.8. The van der Waals surface area contributed by atoms with Gasteiger partial charge in [0.25, 0.3) is 5.91 Å². The van der Waals surface area contributed by atoms with E-state index in [4.69, 9.17) is 11.6 Å². The molecule has 0 aromatic heterocycles. The van der Waals surface area contributed by atoms with Gasteiger partial charge in [-0.25, -0.2) is 9.40 Å². The number of nitrogens with one attached hydrogen (secondary N) is 2. The molecule has 7 nitrogen and oxygen atoms in total. The zero-order valence-electron chi connectivity index (χ0n) is 15.5. The lowest BCUT2D eigenvalue weighted by molar-refractivity contribution is -0.135. The molecule has 3 rings (SSSR count). The van der Waals surface area contributed by atoms with Crippen LogP contribution in [-0.2, 0) is 14.4 Å². The number of benzene rings is 2. The number of amides is 3. The molecule has 1 heterocycles. The van der Waals surface area contributed by atoms with Crippen LogP contribution in [0.2, 0.25) is 5.02 Å². The Labute approximate surface area is 171 Å². The Bertz CT molecular complexity index is 992. The Morgan fingerprint density at radius 2 is 1.86 bits per heavy atom. The zero-order valence-corrected chi connectivity index (χ0v) is 16.3. The number of nitrogens with zero attached hydrogens (tertiary/aromatic N) is 2. The second-order valence-corrected chi connectivity index (χ2v) is 6.83. The van der Waals surface area contributed by atoms with Gasteiger partial charge in [0, 0.05) is 29.2 Å². The average Bonchev–Trinajstić information content (AvgIpc) is 2.69. The minimum absolute atomic E-state index is 0.0547. The Balaban J connectivity index is 1.67. The lowest BCUT2D eigenvalue weighted by atomic mass is 10.1. The van der Waals surface area contributed by atoms with E-state index in [9.17, 15) is 18.8 Å². The SMILES string of the molecule is Cc1c(Cl)cccc1NC(=O)CN1N=C(C(=O)Nc2ccc(F)cc2)CCC1=O. The molecule has 150 valence electrons. The van der Waals surface area contributed by atoms with E-state index < -0.39 is 17.6 Å². The molecule has 0 unspecified atom stereocenters. The average molecular weight is 417 g/mol. The number of rotatable bonds is 5. The third-order valence-electron chi connectivity index (χ3n) is 4.30. The van der Waals surface area contributed by atoms with Gasteiger partial charge in [0.2, 0.25) is 11.8 Å². The summed E-state index contributed by atoms with van der Waals surface area (Å²) in [6.45, 7) is 1.43. The molecular formula is C20H18ClFN4O3. The van der Waals surface area contributed by atoms with E-state index in [-0.39, 0.29) is 31.0 Å². The van der Waals surface area contributed by atoms with Crippen molar-refractivity contribution in [2.75, 3.05) is 17.2 Å². The Morgan fingerprint density at radius 3 is 2.59 bits per heavy atom. The molecule has 0 saturated heterocycles. The molecule has 0 aliphatic carbocycles. The van der Waals surface area contributed by atoms with Gasteiger partial charge in [-0.05, 0) is 48.9 Å². The molecular weight excluding hydrogens is 399 g/mol. The van der Waals surface area contributed by atoms with Crippen molar-refractivity contribution in [1.82, 2.24) is 5.01 Å². The lowest BCUT2D eigenvalue weighted by Crippen LogP contribution is -2.40. The van der Waals surface area contributed by atoms with Gasteiger partial charge < -0.3 is 10.6 Å². The highest BCUT2D eigenvalue weighted by molar-refractivity contribution is 6.43. The van der Waals surface area contributed by atoms with Crippen LogP contribution in [-0.4, -0.2) is 35.0 Å². The first-order valence-electron chi connectivity index (χ1n) is 8.83. The molecule has 2 N–H and O–H groups in total. The molecule has 29 heavy (non-hydrogen) atoms. The smallest absolute Gasteiger partial charge is 0.271 e. The lowest BCUT2D eigenvalue weighted by Gasteiger charge is -2.23. The van der Waals surface area contributed by atoms with Crippen molar-refractivity contribution >= 4 is 46.4 Å². The highest BCUT2D eigenvalue weighted by Gasteiger charge is 2.26. The van der Waals surface area contributed by atoms with Gasteiger partial charge in [-0.15, -0.1) is 0 Å². The van der Waals surface area contributed by atoms with Crippen LogP contribution in [0.4, 0.5) is 15.8 Å². The molecule has 0 saturated carbocycles. The Hall–Kier alpha value is -3.26. The Kier molecular flexibility index (Phi) is 6.23. The van der Waals surface area contributed by atoms with Crippen LogP contribution in [0.1, 0.15) is 18.4 Å². The molecule has 9 heteroatoms. The van der Waals surface area contributed by atoms with Gasteiger partial charge in [0.15, 0.2) is 0 Å². The highest BCUT2D eigenvalue weighted by atomic mass is 35.5. The third kappa shape index (κ3) is 5.17. The largest absolute Gasteiger partial charge is 0.324 e. The number of hydrogen-bond donors (Lipinski definition) is 2. The maximum atomic E-state index is 13.0. The van der Waals surface area contributed by atoms with Crippen LogP contribution in [0.15, 0.2) is 47.6 Å². The molecule has 0 spiro atoms. The van der Waals surface area contributed by atoms with Crippen molar-refractivity contribution in [3.63, 3.8) is 0 Å². The van der Waals surface area contributed by atoms with E-state index in [1.54, 1.807) is 25.1 Å². The first-order valence-corrected chi connectivity index (χ1v) is 9.21.